The van der Waals surface area contributed by atoms with Gasteiger partial charge in [-0.3, -0.25) is 4.79 Å². The maximum Gasteiger partial charge on any atom is 0.434 e. The molecule has 0 N–H and O–H groups in total. The lowest BCUT2D eigenvalue weighted by Crippen LogP contribution is -2.36. The number of thiazole rings is 1. The second-order valence-electron chi connectivity index (χ2n) is 7.15. The topological polar surface area (TPSA) is 89.3 Å². The number of carbonyl (C=O) groups excluding carboxylic acids is 1. The van der Waals surface area contributed by atoms with E-state index in [2.05, 4.69) is 20.3 Å². The van der Waals surface area contributed by atoms with Crippen LogP contribution in [0.25, 0.3) is 5.82 Å². The first-order chi connectivity index (χ1) is 15.3. The Balaban J connectivity index is 1.60. The number of hydrogen-bond donors (Lipinski definition) is 0. The van der Waals surface area contributed by atoms with Crippen molar-refractivity contribution in [3.05, 3.63) is 40.7 Å². The van der Waals surface area contributed by atoms with Crippen LogP contribution in [0, 0.1) is 6.92 Å². The number of anilines is 1. The van der Waals surface area contributed by atoms with Gasteiger partial charge in [0, 0.05) is 37.6 Å². The highest BCUT2D eigenvalue weighted by Crippen LogP contribution is 2.34. The smallest absolute Gasteiger partial charge is 0.434 e. The van der Waals surface area contributed by atoms with Gasteiger partial charge in [0.2, 0.25) is 5.88 Å². The van der Waals surface area contributed by atoms with Crippen molar-refractivity contribution < 1.29 is 22.7 Å². The molecule has 0 spiro atoms. The molecule has 4 heterocycles. The summed E-state index contributed by atoms with van der Waals surface area (Å²) in [5.74, 6) is -0.740. The fourth-order valence-corrected chi connectivity index (χ4v) is 4.31. The lowest BCUT2D eigenvalue weighted by atomic mass is 10.2. The van der Waals surface area contributed by atoms with Crippen LogP contribution in [0.3, 0.4) is 0 Å². The summed E-state index contributed by atoms with van der Waals surface area (Å²) in [6.07, 6.45) is -3.27. The molecule has 170 valence electrons. The van der Waals surface area contributed by atoms with Crippen LogP contribution in [0.5, 0.6) is 5.88 Å². The van der Waals surface area contributed by atoms with Crippen molar-refractivity contribution in [2.75, 3.05) is 38.2 Å². The number of hydrogen-bond acceptors (Lipinski definition) is 8. The van der Waals surface area contributed by atoms with Gasteiger partial charge in [0.25, 0.3) is 5.91 Å². The zero-order chi connectivity index (χ0) is 22.9. The summed E-state index contributed by atoms with van der Waals surface area (Å²) in [7, 11) is 1.37. The van der Waals surface area contributed by atoms with Gasteiger partial charge in [-0.05, 0) is 19.4 Å². The monoisotopic (exact) mass is 467 g/mol. The molecule has 0 aliphatic carbocycles. The fraction of sp³-hybridized carbons (Fsp3) is 0.421. The molecular formula is C19H20F3N7O2S. The van der Waals surface area contributed by atoms with Crippen LogP contribution in [0.15, 0.2) is 23.7 Å². The minimum Gasteiger partial charge on any atom is -0.480 e. The highest BCUT2D eigenvalue weighted by Gasteiger charge is 2.42. The first-order valence-electron chi connectivity index (χ1n) is 9.77. The lowest BCUT2D eigenvalue weighted by molar-refractivity contribution is -0.143. The van der Waals surface area contributed by atoms with E-state index in [9.17, 15) is 18.0 Å². The Labute approximate surface area is 185 Å². The standard InChI is InChI=1S/C19H20F3N7O2S/c1-12-11-32-18(24-12)28-7-3-6-27(8-9-28)17(30)13-10-23-29(16(13)19(20,21)22)14-4-5-15(31-2)26-25-14/h4-5,10-11H,3,6-9H2,1-2H3. The van der Waals surface area contributed by atoms with Gasteiger partial charge in [-0.2, -0.15) is 18.3 Å². The molecule has 32 heavy (non-hydrogen) atoms. The molecule has 1 aliphatic rings. The summed E-state index contributed by atoms with van der Waals surface area (Å²) >= 11 is 1.51. The number of ether oxygens (including phenoxy) is 1. The Hall–Kier alpha value is -3.22. The third-order valence-corrected chi connectivity index (χ3v) is 6.00. The summed E-state index contributed by atoms with van der Waals surface area (Å²) in [5, 5.41) is 14.0. The van der Waals surface area contributed by atoms with Gasteiger partial charge in [-0.1, -0.05) is 0 Å². The van der Waals surface area contributed by atoms with E-state index in [1.807, 2.05) is 17.2 Å². The highest BCUT2D eigenvalue weighted by molar-refractivity contribution is 7.13. The van der Waals surface area contributed by atoms with Crippen molar-refractivity contribution >= 4 is 22.4 Å². The molecular weight excluding hydrogens is 447 g/mol. The summed E-state index contributed by atoms with van der Waals surface area (Å²) in [4.78, 5) is 21.0. The molecule has 0 saturated carbocycles. The van der Waals surface area contributed by atoms with Gasteiger partial charge in [0.1, 0.15) is 0 Å². The van der Waals surface area contributed by atoms with E-state index in [-0.39, 0.29) is 18.2 Å². The maximum atomic E-state index is 13.9. The van der Waals surface area contributed by atoms with Crippen LogP contribution in [0.2, 0.25) is 0 Å². The fourth-order valence-electron chi connectivity index (χ4n) is 3.46. The average molecular weight is 467 g/mol. The zero-order valence-electron chi connectivity index (χ0n) is 17.3. The first kappa shape index (κ1) is 22.0. The predicted molar refractivity (Wildman–Crippen MR) is 110 cm³/mol. The summed E-state index contributed by atoms with van der Waals surface area (Å²) in [5.41, 5.74) is -0.793. The lowest BCUT2D eigenvalue weighted by Gasteiger charge is -2.22. The zero-order valence-corrected chi connectivity index (χ0v) is 18.2. The number of amides is 1. The minimum absolute atomic E-state index is 0.148. The van der Waals surface area contributed by atoms with Gasteiger partial charge < -0.3 is 14.5 Å². The highest BCUT2D eigenvalue weighted by atomic mass is 32.1. The molecule has 4 rings (SSSR count). The van der Waals surface area contributed by atoms with E-state index in [0.717, 1.165) is 17.0 Å². The van der Waals surface area contributed by atoms with E-state index >= 15 is 0 Å². The molecule has 9 nitrogen and oxygen atoms in total. The van der Waals surface area contributed by atoms with E-state index < -0.39 is 23.3 Å². The molecule has 1 aliphatic heterocycles. The van der Waals surface area contributed by atoms with Crippen LogP contribution < -0.4 is 9.64 Å². The van der Waals surface area contributed by atoms with Crippen molar-refractivity contribution in [1.29, 1.82) is 0 Å². The maximum absolute atomic E-state index is 13.9. The molecule has 3 aromatic heterocycles. The van der Waals surface area contributed by atoms with E-state index in [1.54, 1.807) is 0 Å². The van der Waals surface area contributed by atoms with Crippen molar-refractivity contribution in [2.24, 2.45) is 0 Å². The number of alkyl halides is 3. The Morgan fingerprint density at radius 3 is 2.59 bits per heavy atom. The van der Waals surface area contributed by atoms with Crippen LogP contribution >= 0.6 is 11.3 Å². The molecule has 0 unspecified atom stereocenters. The summed E-state index contributed by atoms with van der Waals surface area (Å²) in [6, 6.07) is 2.66. The van der Waals surface area contributed by atoms with E-state index in [0.29, 0.717) is 30.7 Å². The number of aromatic nitrogens is 5. The Morgan fingerprint density at radius 1 is 1.16 bits per heavy atom. The van der Waals surface area contributed by atoms with Crippen molar-refractivity contribution in [2.45, 2.75) is 19.5 Å². The quantitative estimate of drug-likeness (QED) is 0.583. The van der Waals surface area contributed by atoms with Gasteiger partial charge in [0.05, 0.1) is 24.6 Å². The molecule has 0 aromatic carbocycles. The summed E-state index contributed by atoms with van der Waals surface area (Å²) in [6.45, 7) is 3.67. The van der Waals surface area contributed by atoms with Crippen molar-refractivity contribution in [3.63, 3.8) is 0 Å². The molecule has 3 aromatic rings. The molecule has 0 atom stereocenters. The molecule has 13 heteroatoms. The largest absolute Gasteiger partial charge is 0.480 e. The van der Waals surface area contributed by atoms with Crippen LogP contribution in [0.4, 0.5) is 18.3 Å². The third-order valence-electron chi connectivity index (χ3n) is 4.98. The van der Waals surface area contributed by atoms with Gasteiger partial charge in [-0.25, -0.2) is 9.67 Å². The van der Waals surface area contributed by atoms with Gasteiger partial charge in [0.15, 0.2) is 16.6 Å². The van der Waals surface area contributed by atoms with Crippen LogP contribution in [-0.4, -0.2) is 69.1 Å². The van der Waals surface area contributed by atoms with Gasteiger partial charge >= 0.3 is 6.18 Å². The number of aryl methyl sites for hydroxylation is 1. The van der Waals surface area contributed by atoms with Crippen LogP contribution in [-0.2, 0) is 6.18 Å². The second kappa shape index (κ2) is 8.73. The second-order valence-corrected chi connectivity index (χ2v) is 7.99. The predicted octanol–water partition coefficient (Wildman–Crippen LogP) is 2.81. The first-order valence-corrected chi connectivity index (χ1v) is 10.7. The number of nitrogens with zero attached hydrogens (tertiary/aromatic N) is 7. The van der Waals surface area contributed by atoms with Crippen LogP contribution in [0.1, 0.15) is 28.2 Å². The molecule has 0 radical (unpaired) electrons. The molecule has 1 fully saturated rings. The Bertz CT molecular complexity index is 1100. The minimum atomic E-state index is -4.82. The molecule has 1 amide bonds. The van der Waals surface area contributed by atoms with Gasteiger partial charge in [-0.15, -0.1) is 21.5 Å². The average Bonchev–Trinajstić information content (AvgIpc) is 3.33. The normalized spacial score (nSPS) is 15.0. The van der Waals surface area contributed by atoms with E-state index in [1.165, 1.54) is 35.5 Å². The van der Waals surface area contributed by atoms with Crippen molar-refractivity contribution in [3.8, 4) is 11.7 Å². The number of methoxy groups -OCH3 is 1. The Kier molecular flexibility index (Phi) is 6.00. The van der Waals surface area contributed by atoms with E-state index in [4.69, 9.17) is 4.74 Å². The summed E-state index contributed by atoms with van der Waals surface area (Å²) < 4.78 is 47.3. The number of rotatable bonds is 4. The molecule has 1 saturated heterocycles. The van der Waals surface area contributed by atoms with Crippen molar-refractivity contribution in [1.82, 2.24) is 29.9 Å². The molecule has 0 bridgehead atoms. The SMILES string of the molecule is COc1ccc(-n2ncc(C(=O)N3CCCN(c4nc(C)cs4)CC3)c2C(F)(F)F)nn1. The third kappa shape index (κ3) is 4.38. The number of halogens is 3. The Morgan fingerprint density at radius 2 is 1.97 bits per heavy atom. The number of carbonyl (C=O) groups is 1.